The molecule has 4 atom stereocenters. The highest BCUT2D eigenvalue weighted by Gasteiger charge is 2.33. The molecule has 0 aromatic carbocycles. The van der Waals surface area contributed by atoms with Crippen molar-refractivity contribution in [2.24, 2.45) is 5.92 Å². The highest BCUT2D eigenvalue weighted by Crippen LogP contribution is 2.30. The third kappa shape index (κ3) is 4.46. The molecule has 4 rings (SSSR count). The van der Waals surface area contributed by atoms with Crippen LogP contribution in [0.2, 0.25) is 0 Å². The number of carbonyl (C=O) groups excluding carboxylic acids is 2. The third-order valence-electron chi connectivity index (χ3n) is 7.18. The van der Waals surface area contributed by atoms with E-state index in [4.69, 9.17) is 4.98 Å². The molecule has 1 aromatic heterocycles. The first kappa shape index (κ1) is 21.8. The Morgan fingerprint density at radius 2 is 1.94 bits per heavy atom. The van der Waals surface area contributed by atoms with Gasteiger partial charge in [-0.05, 0) is 65.7 Å². The molecule has 4 unspecified atom stereocenters. The number of hydrogen-bond donors (Lipinski definition) is 2. The average molecular weight is 427 g/mol. The second kappa shape index (κ2) is 8.97. The second-order valence-corrected chi connectivity index (χ2v) is 9.50. The topological polar surface area (TPSA) is 93.1 Å². The maximum absolute atomic E-state index is 13.6. The van der Waals surface area contributed by atoms with Crippen LogP contribution in [0, 0.1) is 12.8 Å². The van der Waals surface area contributed by atoms with E-state index in [-0.39, 0.29) is 41.3 Å². The summed E-state index contributed by atoms with van der Waals surface area (Å²) in [6, 6.07) is -0.198. The summed E-state index contributed by atoms with van der Waals surface area (Å²) in [5, 5.41) is 6.09. The molecule has 2 N–H and O–H groups in total. The van der Waals surface area contributed by atoms with E-state index in [0.29, 0.717) is 25.2 Å². The minimum Gasteiger partial charge on any atom is -0.355 e. The van der Waals surface area contributed by atoms with Gasteiger partial charge >= 0.3 is 0 Å². The molecule has 0 radical (unpaired) electrons. The first-order chi connectivity index (χ1) is 14.8. The summed E-state index contributed by atoms with van der Waals surface area (Å²) in [5.74, 6) is 0.741. The van der Waals surface area contributed by atoms with Crippen molar-refractivity contribution in [3.63, 3.8) is 0 Å². The van der Waals surface area contributed by atoms with Crippen LogP contribution in [0.4, 0.5) is 0 Å². The molecule has 1 aromatic rings. The Balaban J connectivity index is 1.57. The average Bonchev–Trinajstić information content (AvgIpc) is 2.73. The number of fused-ring (bicyclic) bond motifs is 1. The predicted octanol–water partition coefficient (Wildman–Crippen LogP) is 2.67. The predicted molar refractivity (Wildman–Crippen MR) is 119 cm³/mol. The zero-order chi connectivity index (χ0) is 22.1. The zero-order valence-corrected chi connectivity index (χ0v) is 18.9. The Morgan fingerprint density at radius 3 is 2.68 bits per heavy atom. The Morgan fingerprint density at radius 1 is 1.16 bits per heavy atom. The number of aryl methyl sites for hydroxylation is 2. The van der Waals surface area contributed by atoms with Crippen molar-refractivity contribution < 1.29 is 9.59 Å². The quantitative estimate of drug-likeness (QED) is 0.724. The number of nitrogens with one attached hydrogen (secondary N) is 2. The van der Waals surface area contributed by atoms with Crippen LogP contribution in [0.15, 0.2) is 16.4 Å². The summed E-state index contributed by atoms with van der Waals surface area (Å²) >= 11 is 0. The van der Waals surface area contributed by atoms with Crippen molar-refractivity contribution in [2.45, 2.75) is 90.1 Å². The molecule has 2 amide bonds. The fraction of sp³-hybridized carbons (Fsp3) is 0.667. The lowest BCUT2D eigenvalue weighted by atomic mass is 9.85. The van der Waals surface area contributed by atoms with Crippen LogP contribution in [-0.2, 0) is 16.0 Å². The van der Waals surface area contributed by atoms with Gasteiger partial charge in [0.2, 0.25) is 11.8 Å². The minimum absolute atomic E-state index is 0.00264. The van der Waals surface area contributed by atoms with Crippen LogP contribution in [0.25, 0.3) is 0 Å². The van der Waals surface area contributed by atoms with E-state index in [2.05, 4.69) is 23.6 Å². The highest BCUT2D eigenvalue weighted by atomic mass is 16.2. The molecular formula is C24H34N4O3. The molecule has 1 fully saturated rings. The summed E-state index contributed by atoms with van der Waals surface area (Å²) in [6.45, 7) is 6.40. The molecule has 2 aliphatic carbocycles. The smallest absolute Gasteiger partial charge is 0.257 e. The van der Waals surface area contributed by atoms with Gasteiger partial charge in [-0.15, -0.1) is 0 Å². The molecule has 0 spiro atoms. The van der Waals surface area contributed by atoms with E-state index < -0.39 is 0 Å². The zero-order valence-electron chi connectivity index (χ0n) is 18.9. The van der Waals surface area contributed by atoms with Crippen molar-refractivity contribution in [3.05, 3.63) is 39.1 Å². The number of allylic oxidation sites excluding steroid dienone is 1. The standard InChI is InChI=1S/C24H34N4O3/c1-14-6-4-7-17(12-14)23(30)25-13-18-8-5-9-19-22(18)24(31)28(16(3)27-19)20-10-11-21(29)26-15(20)2/h12,15,17-18,20H,4-11,13H2,1-3H3,(H,25,30)(H,26,29). The number of rotatable bonds is 4. The van der Waals surface area contributed by atoms with Crippen LogP contribution in [0.1, 0.15) is 87.8 Å². The lowest BCUT2D eigenvalue weighted by Gasteiger charge is -2.34. The van der Waals surface area contributed by atoms with Gasteiger partial charge in [0.1, 0.15) is 5.82 Å². The minimum atomic E-state index is -0.111. The van der Waals surface area contributed by atoms with Crippen LogP contribution >= 0.6 is 0 Å². The molecule has 7 nitrogen and oxygen atoms in total. The maximum Gasteiger partial charge on any atom is 0.257 e. The van der Waals surface area contributed by atoms with Gasteiger partial charge in [-0.25, -0.2) is 4.98 Å². The Kier molecular flexibility index (Phi) is 6.30. The van der Waals surface area contributed by atoms with Gasteiger partial charge < -0.3 is 10.6 Å². The maximum atomic E-state index is 13.6. The molecular weight excluding hydrogens is 392 g/mol. The lowest BCUT2D eigenvalue weighted by molar-refractivity contribution is -0.124. The van der Waals surface area contributed by atoms with Crippen LogP contribution in [0.3, 0.4) is 0 Å². The van der Waals surface area contributed by atoms with Gasteiger partial charge in [0.05, 0.1) is 17.7 Å². The Hall–Kier alpha value is -2.44. The molecule has 1 aliphatic heterocycles. The monoisotopic (exact) mass is 426 g/mol. The third-order valence-corrected chi connectivity index (χ3v) is 7.18. The number of amides is 2. The SMILES string of the molecule is CC1=CC(C(=O)NCC2CCCc3nc(C)n(C4CCC(=O)NC4C)c(=O)c32)CCC1. The number of carbonyl (C=O) groups is 2. The van der Waals surface area contributed by atoms with Crippen molar-refractivity contribution in [1.29, 1.82) is 0 Å². The van der Waals surface area contributed by atoms with Crippen LogP contribution in [-0.4, -0.2) is 34.0 Å². The summed E-state index contributed by atoms with van der Waals surface area (Å²) in [5.41, 5.74) is 2.93. The molecule has 31 heavy (non-hydrogen) atoms. The van der Waals surface area contributed by atoms with E-state index >= 15 is 0 Å². The van der Waals surface area contributed by atoms with Crippen LogP contribution in [0.5, 0.6) is 0 Å². The Bertz CT molecular complexity index is 964. The molecule has 3 aliphatic rings. The summed E-state index contributed by atoms with van der Waals surface area (Å²) in [7, 11) is 0. The number of piperidine rings is 1. The van der Waals surface area contributed by atoms with Gasteiger partial charge in [-0.2, -0.15) is 0 Å². The van der Waals surface area contributed by atoms with Crippen molar-refractivity contribution in [3.8, 4) is 0 Å². The molecule has 1 saturated heterocycles. The Labute approximate surface area is 183 Å². The summed E-state index contributed by atoms with van der Waals surface area (Å²) in [4.78, 5) is 42.9. The van der Waals surface area contributed by atoms with E-state index in [1.807, 2.05) is 13.8 Å². The lowest BCUT2D eigenvalue weighted by Crippen LogP contribution is -2.48. The number of hydrogen-bond acceptors (Lipinski definition) is 4. The van der Waals surface area contributed by atoms with E-state index in [1.165, 1.54) is 5.57 Å². The van der Waals surface area contributed by atoms with Gasteiger partial charge in [0.15, 0.2) is 0 Å². The molecule has 7 heteroatoms. The molecule has 2 heterocycles. The van der Waals surface area contributed by atoms with Gasteiger partial charge in [0, 0.05) is 30.5 Å². The first-order valence-corrected chi connectivity index (χ1v) is 11.7. The summed E-state index contributed by atoms with van der Waals surface area (Å²) < 4.78 is 1.79. The molecule has 0 bridgehead atoms. The largest absolute Gasteiger partial charge is 0.355 e. The van der Waals surface area contributed by atoms with Crippen molar-refractivity contribution in [2.75, 3.05) is 6.54 Å². The fourth-order valence-electron chi connectivity index (χ4n) is 5.54. The molecule has 0 saturated carbocycles. The van der Waals surface area contributed by atoms with Gasteiger partial charge in [0.25, 0.3) is 5.56 Å². The van der Waals surface area contributed by atoms with Crippen molar-refractivity contribution in [1.82, 2.24) is 20.2 Å². The fourth-order valence-corrected chi connectivity index (χ4v) is 5.54. The highest BCUT2D eigenvalue weighted by molar-refractivity contribution is 5.80. The van der Waals surface area contributed by atoms with Crippen LogP contribution < -0.4 is 16.2 Å². The van der Waals surface area contributed by atoms with E-state index in [9.17, 15) is 14.4 Å². The second-order valence-electron chi connectivity index (χ2n) is 9.50. The van der Waals surface area contributed by atoms with E-state index in [0.717, 1.165) is 49.8 Å². The molecule has 168 valence electrons. The first-order valence-electron chi connectivity index (χ1n) is 11.7. The van der Waals surface area contributed by atoms with Gasteiger partial charge in [-0.1, -0.05) is 11.6 Å². The number of nitrogens with zero attached hydrogens (tertiary/aromatic N) is 2. The summed E-state index contributed by atoms with van der Waals surface area (Å²) in [6.07, 6.45) is 8.83. The van der Waals surface area contributed by atoms with E-state index in [1.54, 1.807) is 4.57 Å². The normalized spacial score (nSPS) is 28.4. The van der Waals surface area contributed by atoms with Crippen molar-refractivity contribution >= 4 is 11.8 Å². The van der Waals surface area contributed by atoms with Gasteiger partial charge in [-0.3, -0.25) is 19.0 Å². The number of aromatic nitrogens is 2.